The predicted molar refractivity (Wildman–Crippen MR) is 195 cm³/mol. The highest BCUT2D eigenvalue weighted by molar-refractivity contribution is 6.39. The molecule has 0 N–H and O–H groups in total. The summed E-state index contributed by atoms with van der Waals surface area (Å²) in [5, 5.41) is 0. The highest BCUT2D eigenvalue weighted by atomic mass is 14.9. The quantitative estimate of drug-likeness (QED) is 0.231. The van der Waals surface area contributed by atoms with Gasteiger partial charge in [-0.15, -0.1) is 0 Å². The van der Waals surface area contributed by atoms with Crippen molar-refractivity contribution in [2.75, 3.05) is 0 Å². The summed E-state index contributed by atoms with van der Waals surface area (Å²) in [5.41, 5.74) is 13.7. The summed E-state index contributed by atoms with van der Waals surface area (Å²) in [5.74, 6) is 0. The molecule has 0 amide bonds. The van der Waals surface area contributed by atoms with E-state index in [1.165, 1.54) is 0 Å². The number of nitrogens with zero attached hydrogens (tertiary/aromatic N) is 6. The Labute approximate surface area is 277 Å². The Morgan fingerprint density at radius 2 is 0.625 bits per heavy atom. The van der Waals surface area contributed by atoms with E-state index in [-0.39, 0.29) is 0 Å². The first-order valence-corrected chi connectivity index (χ1v) is 15.8. The molecule has 9 rings (SSSR count). The first kappa shape index (κ1) is 27.6. The summed E-state index contributed by atoms with van der Waals surface area (Å²) in [6.07, 6.45) is 20.1. The molecule has 0 saturated carbocycles. The van der Waals surface area contributed by atoms with Crippen molar-refractivity contribution >= 4 is 45.1 Å². The Balaban J connectivity index is 1.37. The van der Waals surface area contributed by atoms with Gasteiger partial charge in [-0.2, -0.15) is 0 Å². The van der Waals surface area contributed by atoms with Crippen LogP contribution in [0.1, 0.15) is 22.5 Å². The Bertz CT molecular complexity index is 2030. The van der Waals surface area contributed by atoms with Crippen LogP contribution < -0.4 is 0 Å². The lowest BCUT2D eigenvalue weighted by atomic mass is 9.99. The molecule has 5 aliphatic rings. The third-order valence-electron chi connectivity index (χ3n) is 8.58. The molecule has 4 aromatic rings. The van der Waals surface area contributed by atoms with Gasteiger partial charge in [0.25, 0.3) is 0 Å². The lowest BCUT2D eigenvalue weighted by Gasteiger charge is -2.12. The van der Waals surface area contributed by atoms with E-state index in [0.717, 1.165) is 90.4 Å². The van der Waals surface area contributed by atoms with E-state index in [1.54, 1.807) is 12.4 Å². The predicted octanol–water partition coefficient (Wildman–Crippen LogP) is 8.48. The zero-order valence-electron chi connectivity index (χ0n) is 25.7. The first-order valence-electron chi connectivity index (χ1n) is 15.8. The molecule has 2 aromatic heterocycles. The molecule has 0 spiro atoms. The maximum Gasteiger partial charge on any atom is 0.0753 e. The fourth-order valence-corrected chi connectivity index (χ4v) is 6.43. The second-order valence-corrected chi connectivity index (χ2v) is 11.5. The van der Waals surface area contributed by atoms with Crippen molar-refractivity contribution in [3.05, 3.63) is 203 Å². The summed E-state index contributed by atoms with van der Waals surface area (Å²) in [6.45, 7) is 0. The third-order valence-corrected chi connectivity index (χ3v) is 8.58. The molecule has 8 bridgehead atoms. The van der Waals surface area contributed by atoms with Crippen LogP contribution in [0.15, 0.2) is 201 Å². The van der Waals surface area contributed by atoms with E-state index >= 15 is 0 Å². The number of rotatable bonds is 4. The maximum absolute atomic E-state index is 5.26. The van der Waals surface area contributed by atoms with E-state index in [1.807, 2.05) is 72.8 Å². The molecule has 48 heavy (non-hydrogen) atoms. The number of aromatic nitrogens is 2. The van der Waals surface area contributed by atoms with Crippen LogP contribution in [0.5, 0.6) is 0 Å². The van der Waals surface area contributed by atoms with E-state index in [4.69, 9.17) is 29.9 Å². The van der Waals surface area contributed by atoms with Crippen LogP contribution in [-0.4, -0.2) is 32.8 Å². The van der Waals surface area contributed by atoms with E-state index in [2.05, 4.69) is 72.9 Å². The minimum Gasteiger partial charge on any atom is -0.256 e. The molecule has 0 fully saturated rings. The zero-order valence-corrected chi connectivity index (χ0v) is 25.7. The second kappa shape index (κ2) is 11.6. The Morgan fingerprint density at radius 3 is 0.979 bits per heavy atom. The summed E-state index contributed by atoms with van der Waals surface area (Å²) < 4.78 is 0. The summed E-state index contributed by atoms with van der Waals surface area (Å²) in [4.78, 5) is 30.5. The van der Waals surface area contributed by atoms with Gasteiger partial charge < -0.3 is 0 Å². The van der Waals surface area contributed by atoms with Gasteiger partial charge in [0.05, 0.1) is 68.2 Å². The van der Waals surface area contributed by atoms with Crippen molar-refractivity contribution in [1.82, 2.24) is 9.97 Å². The highest BCUT2D eigenvalue weighted by Crippen LogP contribution is 2.37. The molecule has 0 atom stereocenters. The molecule has 6 heteroatoms. The van der Waals surface area contributed by atoms with Crippen LogP contribution in [0.25, 0.3) is 22.3 Å². The fourth-order valence-electron chi connectivity index (χ4n) is 6.43. The molecule has 0 unspecified atom stereocenters. The van der Waals surface area contributed by atoms with Crippen molar-refractivity contribution in [1.29, 1.82) is 0 Å². The second-order valence-electron chi connectivity index (χ2n) is 11.5. The number of hydrogen-bond donors (Lipinski definition) is 0. The number of hydrogen-bond acceptors (Lipinski definition) is 6. The molecular weight excluding hydrogens is 589 g/mol. The van der Waals surface area contributed by atoms with Crippen molar-refractivity contribution in [3.63, 3.8) is 0 Å². The van der Waals surface area contributed by atoms with E-state index in [9.17, 15) is 0 Å². The van der Waals surface area contributed by atoms with Crippen molar-refractivity contribution < 1.29 is 0 Å². The fraction of sp³-hybridized carbons (Fsp3) is 0. The molecule has 224 valence electrons. The molecule has 5 aliphatic heterocycles. The topological polar surface area (TPSA) is 75.2 Å². The number of benzene rings is 2. The Hall–Kier alpha value is -6.66. The molecular formula is C42H26N6. The average molecular weight is 615 g/mol. The van der Waals surface area contributed by atoms with Crippen LogP contribution in [0, 0.1) is 0 Å². The van der Waals surface area contributed by atoms with Crippen LogP contribution in [0.3, 0.4) is 0 Å². The smallest absolute Gasteiger partial charge is 0.0753 e. The first-order chi connectivity index (χ1) is 23.8. The van der Waals surface area contributed by atoms with E-state index < -0.39 is 0 Å². The number of allylic oxidation sites excluding steroid dienone is 12. The molecule has 6 nitrogen and oxygen atoms in total. The van der Waals surface area contributed by atoms with Gasteiger partial charge in [0.15, 0.2) is 0 Å². The number of aliphatic imine (C=N–C) groups is 4. The largest absolute Gasteiger partial charge is 0.256 e. The van der Waals surface area contributed by atoms with Crippen LogP contribution >= 0.6 is 0 Å². The minimum absolute atomic E-state index is 0.788. The molecule has 0 saturated heterocycles. The Morgan fingerprint density at radius 1 is 0.292 bits per heavy atom. The molecule has 0 aliphatic carbocycles. The van der Waals surface area contributed by atoms with Crippen molar-refractivity contribution in [3.8, 4) is 0 Å². The zero-order chi connectivity index (χ0) is 31.9. The van der Waals surface area contributed by atoms with E-state index in [0.29, 0.717) is 0 Å². The maximum atomic E-state index is 5.26. The van der Waals surface area contributed by atoms with Crippen molar-refractivity contribution in [2.45, 2.75) is 0 Å². The third kappa shape index (κ3) is 4.84. The summed E-state index contributed by atoms with van der Waals surface area (Å²) >= 11 is 0. The van der Waals surface area contributed by atoms with Gasteiger partial charge >= 0.3 is 0 Å². The van der Waals surface area contributed by atoms with Crippen molar-refractivity contribution in [2.24, 2.45) is 20.0 Å². The van der Waals surface area contributed by atoms with Crippen LogP contribution in [0.2, 0.25) is 0 Å². The van der Waals surface area contributed by atoms with Gasteiger partial charge in [0.2, 0.25) is 0 Å². The average Bonchev–Trinajstić information content (AvgIpc) is 3.98. The van der Waals surface area contributed by atoms with Gasteiger partial charge in [-0.1, -0.05) is 72.8 Å². The van der Waals surface area contributed by atoms with Crippen LogP contribution in [-0.2, 0) is 0 Å². The Kier molecular flexibility index (Phi) is 6.68. The summed E-state index contributed by atoms with van der Waals surface area (Å²) in [6, 6.07) is 32.4. The molecule has 0 radical (unpaired) electrons. The summed E-state index contributed by atoms with van der Waals surface area (Å²) in [7, 11) is 0. The number of pyridine rings is 2. The van der Waals surface area contributed by atoms with Gasteiger partial charge in [-0.25, -0.2) is 20.0 Å². The minimum atomic E-state index is 0.788. The van der Waals surface area contributed by atoms with Gasteiger partial charge in [-0.05, 0) is 84.0 Å². The number of fused-ring (bicyclic) bond motifs is 4. The highest BCUT2D eigenvalue weighted by Gasteiger charge is 2.27. The van der Waals surface area contributed by atoms with Gasteiger partial charge in [0, 0.05) is 23.5 Å². The standard InChI is InChI=1S/C42H26N6/c1-3-11-27(12-4-1)39-31-17-21-35(45-31)41(29-15-7-9-25-43-29)37-23-19-33(47-37)40(28-13-5-2-6-14-28)34-20-24-38(48-34)42(30-16-8-10-26-44-30)36-22-18-32(39)46-36/h1-26H. The molecule has 7 heterocycles. The van der Waals surface area contributed by atoms with Gasteiger partial charge in [-0.3, -0.25) is 9.97 Å². The SMILES string of the molecule is C1=CC2=C(c3ccccn3)C3=NC(=C(c4ccccc4)C4=NC(=C(c5ccccn5)C5=NC(=C(c6ccccc6)C1=N2)C=C5)C=C4)C=C3. The van der Waals surface area contributed by atoms with Crippen LogP contribution in [0.4, 0.5) is 0 Å². The molecule has 2 aromatic carbocycles. The lowest BCUT2D eigenvalue weighted by molar-refractivity contribution is 1.27. The van der Waals surface area contributed by atoms with Gasteiger partial charge in [0.1, 0.15) is 0 Å². The monoisotopic (exact) mass is 614 g/mol. The normalized spacial score (nSPS) is 17.8. The lowest BCUT2D eigenvalue weighted by Crippen LogP contribution is -2.04.